The van der Waals surface area contributed by atoms with Crippen LogP contribution in [0.4, 0.5) is 0 Å². The molecule has 2 aromatic carbocycles. The fraction of sp³-hybridized carbons (Fsp3) is 0.316. The third-order valence-corrected chi connectivity index (χ3v) is 4.90. The van der Waals surface area contributed by atoms with E-state index in [2.05, 4.69) is 53.4 Å². The molecule has 1 fully saturated rings. The second kappa shape index (κ2) is 5.03. The number of nitrogens with zero attached hydrogens (tertiary/aromatic N) is 1. The quantitative estimate of drug-likeness (QED) is 0.838. The van der Waals surface area contributed by atoms with Crippen LogP contribution < -0.4 is 0 Å². The third kappa shape index (κ3) is 2.06. The van der Waals surface area contributed by atoms with Gasteiger partial charge in [0.25, 0.3) is 0 Å². The molecular weight excluding hydrogens is 258 g/mol. The monoisotopic (exact) mass is 277 g/mol. The summed E-state index contributed by atoms with van der Waals surface area (Å²) in [5.74, 6) is 0.433. The van der Waals surface area contributed by atoms with E-state index >= 15 is 0 Å². The molecule has 0 unspecified atom stereocenters. The van der Waals surface area contributed by atoms with Crippen LogP contribution in [0.3, 0.4) is 0 Å². The third-order valence-electron chi connectivity index (χ3n) is 4.90. The van der Waals surface area contributed by atoms with Gasteiger partial charge >= 0.3 is 0 Å². The minimum atomic E-state index is 0.0990. The number of carbonyl (C=O) groups is 1. The van der Waals surface area contributed by atoms with Crippen molar-refractivity contribution >= 4 is 5.91 Å². The van der Waals surface area contributed by atoms with E-state index in [4.69, 9.17) is 0 Å². The van der Waals surface area contributed by atoms with Crippen LogP contribution >= 0.6 is 0 Å². The Morgan fingerprint density at radius 2 is 1.62 bits per heavy atom. The Balaban J connectivity index is 1.59. The fourth-order valence-corrected chi connectivity index (χ4v) is 3.86. The smallest absolute Gasteiger partial charge is 0.230 e. The molecule has 0 aromatic heterocycles. The van der Waals surface area contributed by atoms with E-state index in [9.17, 15) is 4.79 Å². The standard InChI is InChI=1S/C19H19NO/c21-19-17-10-11-18(16-9-5-4-8-15(16)17)20(19)13-12-14-6-2-1-3-7-14/h1-9,17-18H,10-13H2/t17-,18+/m1/s1. The van der Waals surface area contributed by atoms with Gasteiger partial charge in [-0.2, -0.15) is 0 Å². The molecule has 21 heavy (non-hydrogen) atoms. The van der Waals surface area contributed by atoms with Crippen molar-refractivity contribution in [3.8, 4) is 0 Å². The lowest BCUT2D eigenvalue weighted by Crippen LogP contribution is -2.47. The Bertz CT molecular complexity index is 664. The van der Waals surface area contributed by atoms with E-state index in [1.807, 2.05) is 6.07 Å². The summed E-state index contributed by atoms with van der Waals surface area (Å²) in [6.45, 7) is 0.832. The summed E-state index contributed by atoms with van der Waals surface area (Å²) in [6.07, 6.45) is 3.07. The van der Waals surface area contributed by atoms with Gasteiger partial charge in [0.1, 0.15) is 0 Å². The molecule has 2 heterocycles. The number of fused-ring (bicyclic) bond motifs is 2. The van der Waals surface area contributed by atoms with E-state index < -0.39 is 0 Å². The second-order valence-electron chi connectivity index (χ2n) is 6.04. The van der Waals surface area contributed by atoms with Gasteiger partial charge in [-0.15, -0.1) is 0 Å². The van der Waals surface area contributed by atoms with Gasteiger partial charge in [0.15, 0.2) is 0 Å². The molecule has 2 aliphatic heterocycles. The van der Waals surface area contributed by atoms with Gasteiger partial charge in [-0.25, -0.2) is 0 Å². The summed E-state index contributed by atoms with van der Waals surface area (Å²) in [5.41, 5.74) is 3.95. The molecule has 2 aromatic rings. The lowest BCUT2D eigenvalue weighted by Gasteiger charge is -2.46. The van der Waals surface area contributed by atoms with Gasteiger partial charge in [-0.3, -0.25) is 4.79 Å². The molecule has 2 nitrogen and oxygen atoms in total. The summed E-state index contributed by atoms with van der Waals surface area (Å²) in [7, 11) is 0. The van der Waals surface area contributed by atoms with Crippen LogP contribution in [0, 0.1) is 0 Å². The lowest BCUT2D eigenvalue weighted by atomic mass is 9.74. The Kier molecular flexibility index (Phi) is 3.03. The van der Waals surface area contributed by atoms with Crippen LogP contribution in [0.1, 0.15) is 41.5 Å². The number of hydrogen-bond donors (Lipinski definition) is 0. The summed E-state index contributed by atoms with van der Waals surface area (Å²) >= 11 is 0. The van der Waals surface area contributed by atoms with E-state index in [-0.39, 0.29) is 5.92 Å². The number of hydrogen-bond acceptors (Lipinski definition) is 1. The highest BCUT2D eigenvalue weighted by Gasteiger charge is 2.43. The summed E-state index contributed by atoms with van der Waals surface area (Å²) in [5, 5.41) is 0. The van der Waals surface area contributed by atoms with Crippen LogP contribution in [0.5, 0.6) is 0 Å². The van der Waals surface area contributed by atoms with E-state index in [0.29, 0.717) is 11.9 Å². The predicted molar refractivity (Wildman–Crippen MR) is 83.0 cm³/mol. The van der Waals surface area contributed by atoms with Gasteiger partial charge < -0.3 is 4.90 Å². The number of piperidine rings is 1. The van der Waals surface area contributed by atoms with Crippen molar-refractivity contribution in [2.75, 3.05) is 6.54 Å². The van der Waals surface area contributed by atoms with Gasteiger partial charge in [-0.1, -0.05) is 54.6 Å². The van der Waals surface area contributed by atoms with Crippen LogP contribution in [-0.2, 0) is 11.2 Å². The van der Waals surface area contributed by atoms with Crippen molar-refractivity contribution < 1.29 is 4.79 Å². The highest BCUT2D eigenvalue weighted by Crippen LogP contribution is 2.47. The van der Waals surface area contributed by atoms with Crippen molar-refractivity contribution in [3.05, 3.63) is 71.3 Å². The number of carbonyl (C=O) groups excluding carboxylic acids is 1. The first-order chi connectivity index (χ1) is 10.3. The van der Waals surface area contributed by atoms with E-state index in [0.717, 1.165) is 25.8 Å². The maximum atomic E-state index is 12.7. The molecule has 106 valence electrons. The maximum absolute atomic E-state index is 12.7. The number of rotatable bonds is 3. The van der Waals surface area contributed by atoms with Crippen LogP contribution in [0.2, 0.25) is 0 Å². The summed E-state index contributed by atoms with van der Waals surface area (Å²) in [6, 6.07) is 19.2. The van der Waals surface area contributed by atoms with Crippen molar-refractivity contribution in [3.63, 3.8) is 0 Å². The van der Waals surface area contributed by atoms with E-state index in [1.165, 1.54) is 16.7 Å². The molecule has 3 aliphatic rings. The van der Waals surface area contributed by atoms with Gasteiger partial charge in [0.2, 0.25) is 5.91 Å². The maximum Gasteiger partial charge on any atom is 0.230 e. The fourth-order valence-electron chi connectivity index (χ4n) is 3.86. The Hall–Kier alpha value is -2.09. The highest BCUT2D eigenvalue weighted by atomic mass is 16.2. The largest absolute Gasteiger partial charge is 0.335 e. The SMILES string of the molecule is O=C1[C@@H]2CC[C@@H](c3ccccc32)N1CCc1ccccc1. The van der Waals surface area contributed by atoms with Gasteiger partial charge in [0.05, 0.1) is 12.0 Å². The zero-order chi connectivity index (χ0) is 14.2. The zero-order valence-corrected chi connectivity index (χ0v) is 12.0. The van der Waals surface area contributed by atoms with Crippen LogP contribution in [-0.4, -0.2) is 17.4 Å². The van der Waals surface area contributed by atoms with Gasteiger partial charge in [-0.05, 0) is 36.0 Å². The second-order valence-corrected chi connectivity index (χ2v) is 6.04. The van der Waals surface area contributed by atoms with Crippen molar-refractivity contribution in [2.24, 2.45) is 0 Å². The Morgan fingerprint density at radius 3 is 2.43 bits per heavy atom. The minimum Gasteiger partial charge on any atom is -0.335 e. The van der Waals surface area contributed by atoms with Crippen LogP contribution in [0.25, 0.3) is 0 Å². The molecule has 1 aliphatic carbocycles. The molecule has 1 amide bonds. The zero-order valence-electron chi connectivity index (χ0n) is 12.0. The van der Waals surface area contributed by atoms with Crippen molar-refractivity contribution in [1.82, 2.24) is 4.90 Å². The highest BCUT2D eigenvalue weighted by molar-refractivity contribution is 5.87. The normalized spacial score (nSPS) is 23.2. The average molecular weight is 277 g/mol. The average Bonchev–Trinajstić information content (AvgIpc) is 2.55. The Morgan fingerprint density at radius 1 is 0.905 bits per heavy atom. The molecule has 0 radical (unpaired) electrons. The van der Waals surface area contributed by atoms with Crippen molar-refractivity contribution in [1.29, 1.82) is 0 Å². The number of benzene rings is 2. The first-order valence-electron chi connectivity index (χ1n) is 7.78. The van der Waals surface area contributed by atoms with E-state index in [1.54, 1.807) is 0 Å². The summed E-state index contributed by atoms with van der Waals surface area (Å²) in [4.78, 5) is 14.8. The van der Waals surface area contributed by atoms with Crippen molar-refractivity contribution in [2.45, 2.75) is 31.2 Å². The molecule has 2 bridgehead atoms. The topological polar surface area (TPSA) is 20.3 Å². The lowest BCUT2D eigenvalue weighted by molar-refractivity contribution is -0.140. The molecule has 0 saturated carbocycles. The molecule has 0 N–H and O–H groups in total. The molecule has 1 saturated heterocycles. The van der Waals surface area contributed by atoms with Gasteiger partial charge in [0, 0.05) is 6.54 Å². The van der Waals surface area contributed by atoms with Crippen LogP contribution in [0.15, 0.2) is 54.6 Å². The molecule has 5 rings (SSSR count). The molecule has 0 spiro atoms. The Labute approximate surface area is 125 Å². The first kappa shape index (κ1) is 12.6. The minimum absolute atomic E-state index is 0.0990. The molecule has 2 atom stereocenters. The first-order valence-corrected chi connectivity index (χ1v) is 7.78. The predicted octanol–water partition coefficient (Wildman–Crippen LogP) is 3.69. The number of amides is 1. The molecular formula is C19H19NO. The molecule has 2 heteroatoms. The summed E-state index contributed by atoms with van der Waals surface area (Å²) < 4.78 is 0.